The van der Waals surface area contributed by atoms with Gasteiger partial charge in [-0.25, -0.2) is 0 Å². The lowest BCUT2D eigenvalue weighted by molar-refractivity contribution is -0.138. The first-order valence-electron chi connectivity index (χ1n) is 7.37. The molecular formula is C15H31F3N2. The van der Waals surface area contributed by atoms with Gasteiger partial charge in [0.25, 0.3) is 0 Å². The largest absolute Gasteiger partial charge is 0.390 e. The van der Waals surface area contributed by atoms with E-state index in [-0.39, 0.29) is 17.5 Å². The van der Waals surface area contributed by atoms with Crippen molar-refractivity contribution in [1.29, 1.82) is 0 Å². The van der Waals surface area contributed by atoms with Gasteiger partial charge >= 0.3 is 6.18 Å². The first kappa shape index (κ1) is 19.7. The number of alkyl halides is 3. The number of nitrogens with one attached hydrogen (secondary N) is 1. The van der Waals surface area contributed by atoms with Crippen LogP contribution >= 0.6 is 0 Å². The van der Waals surface area contributed by atoms with Crippen LogP contribution in [-0.2, 0) is 0 Å². The Bertz CT molecular complexity index is 271. The molecule has 0 saturated carbocycles. The number of nitrogens with zero attached hydrogens (tertiary/aromatic N) is 1. The van der Waals surface area contributed by atoms with Gasteiger partial charge in [0.05, 0.1) is 6.42 Å². The maximum absolute atomic E-state index is 12.3. The summed E-state index contributed by atoms with van der Waals surface area (Å²) in [6.45, 7) is 12.1. The minimum Gasteiger partial charge on any atom is -0.311 e. The summed E-state index contributed by atoms with van der Waals surface area (Å²) in [6.07, 6.45) is -2.76. The van der Waals surface area contributed by atoms with Crippen molar-refractivity contribution >= 4 is 0 Å². The standard InChI is InChI=1S/C15H31F3N2/c1-7-8-14(5,11-19-13(2,3)4)12-20(6)10-9-15(16,17)18/h19H,7-12H2,1-6H3. The van der Waals surface area contributed by atoms with Gasteiger partial charge in [-0.05, 0) is 39.7 Å². The number of rotatable bonds is 8. The van der Waals surface area contributed by atoms with Gasteiger partial charge in [0.1, 0.15) is 0 Å². The number of hydrogen-bond donors (Lipinski definition) is 1. The van der Waals surface area contributed by atoms with Crippen LogP contribution in [0.25, 0.3) is 0 Å². The highest BCUT2D eigenvalue weighted by molar-refractivity contribution is 4.83. The van der Waals surface area contributed by atoms with E-state index in [0.717, 1.165) is 19.4 Å². The Balaban J connectivity index is 4.43. The minimum absolute atomic E-state index is 0.00236. The molecule has 0 rings (SSSR count). The molecule has 20 heavy (non-hydrogen) atoms. The first-order chi connectivity index (χ1) is 8.87. The molecule has 0 saturated heterocycles. The quantitative estimate of drug-likeness (QED) is 0.726. The van der Waals surface area contributed by atoms with Crippen molar-refractivity contribution in [2.24, 2.45) is 5.41 Å². The van der Waals surface area contributed by atoms with Crippen LogP contribution in [0.1, 0.15) is 53.9 Å². The fraction of sp³-hybridized carbons (Fsp3) is 1.00. The Morgan fingerprint density at radius 2 is 1.55 bits per heavy atom. The molecule has 2 nitrogen and oxygen atoms in total. The van der Waals surface area contributed by atoms with E-state index in [1.807, 2.05) is 0 Å². The van der Waals surface area contributed by atoms with Gasteiger partial charge in [-0.15, -0.1) is 0 Å². The maximum Gasteiger partial charge on any atom is 0.390 e. The molecule has 0 spiro atoms. The van der Waals surface area contributed by atoms with Crippen LogP contribution in [-0.4, -0.2) is 43.3 Å². The van der Waals surface area contributed by atoms with Gasteiger partial charge in [-0.2, -0.15) is 13.2 Å². The molecule has 1 unspecified atom stereocenters. The molecule has 0 aromatic carbocycles. The average molecular weight is 296 g/mol. The third-order valence-electron chi connectivity index (χ3n) is 3.33. The summed E-state index contributed by atoms with van der Waals surface area (Å²) in [4.78, 5) is 1.80. The Hall–Kier alpha value is -0.290. The average Bonchev–Trinajstić information content (AvgIpc) is 2.22. The summed E-state index contributed by atoms with van der Waals surface area (Å²) in [5, 5.41) is 3.48. The number of hydrogen-bond acceptors (Lipinski definition) is 2. The fourth-order valence-corrected chi connectivity index (χ4v) is 2.35. The Morgan fingerprint density at radius 3 is 1.95 bits per heavy atom. The topological polar surface area (TPSA) is 15.3 Å². The third-order valence-corrected chi connectivity index (χ3v) is 3.33. The molecule has 122 valence electrons. The Kier molecular flexibility index (Phi) is 7.53. The van der Waals surface area contributed by atoms with E-state index in [9.17, 15) is 13.2 Å². The predicted octanol–water partition coefficient (Wildman–Crippen LogP) is 4.07. The van der Waals surface area contributed by atoms with Gasteiger partial charge in [0.15, 0.2) is 0 Å². The Morgan fingerprint density at radius 1 is 1.00 bits per heavy atom. The van der Waals surface area contributed by atoms with Gasteiger partial charge in [0.2, 0.25) is 0 Å². The molecule has 0 bridgehead atoms. The van der Waals surface area contributed by atoms with Crippen LogP contribution in [0.15, 0.2) is 0 Å². The lowest BCUT2D eigenvalue weighted by atomic mass is 9.84. The molecule has 0 fully saturated rings. The van der Waals surface area contributed by atoms with Crippen molar-refractivity contribution in [2.45, 2.75) is 65.6 Å². The monoisotopic (exact) mass is 296 g/mol. The normalized spacial score (nSPS) is 16.5. The molecule has 0 aliphatic carbocycles. The fourth-order valence-electron chi connectivity index (χ4n) is 2.35. The smallest absolute Gasteiger partial charge is 0.311 e. The second-order valence-electron chi connectivity index (χ2n) is 7.27. The summed E-state index contributed by atoms with van der Waals surface area (Å²) in [5.41, 5.74) is 0.0297. The second kappa shape index (κ2) is 7.64. The van der Waals surface area contributed by atoms with Gasteiger partial charge in [-0.3, -0.25) is 0 Å². The van der Waals surface area contributed by atoms with Crippen LogP contribution in [0.3, 0.4) is 0 Å². The van der Waals surface area contributed by atoms with Crippen molar-refractivity contribution < 1.29 is 13.2 Å². The molecule has 1 N–H and O–H groups in total. The van der Waals surface area contributed by atoms with Crippen LogP contribution in [0.2, 0.25) is 0 Å². The first-order valence-corrected chi connectivity index (χ1v) is 7.37. The van der Waals surface area contributed by atoms with Crippen molar-refractivity contribution in [3.63, 3.8) is 0 Å². The second-order valence-corrected chi connectivity index (χ2v) is 7.27. The predicted molar refractivity (Wildman–Crippen MR) is 78.9 cm³/mol. The van der Waals surface area contributed by atoms with Crippen LogP contribution in [0, 0.1) is 5.41 Å². The summed E-state index contributed by atoms with van der Waals surface area (Å²) >= 11 is 0. The van der Waals surface area contributed by atoms with Crippen molar-refractivity contribution in [3.05, 3.63) is 0 Å². The molecule has 0 aliphatic heterocycles. The van der Waals surface area contributed by atoms with E-state index in [1.54, 1.807) is 11.9 Å². The molecule has 0 radical (unpaired) electrons. The van der Waals surface area contributed by atoms with E-state index in [0.29, 0.717) is 6.54 Å². The molecule has 1 atom stereocenters. The highest BCUT2D eigenvalue weighted by Crippen LogP contribution is 2.26. The molecule has 0 amide bonds. The van der Waals surface area contributed by atoms with E-state index < -0.39 is 12.6 Å². The lowest BCUT2D eigenvalue weighted by Crippen LogP contribution is -2.47. The van der Waals surface area contributed by atoms with Gasteiger partial charge in [0, 0.05) is 25.2 Å². The van der Waals surface area contributed by atoms with E-state index in [2.05, 4.69) is 39.9 Å². The summed E-state index contributed by atoms with van der Waals surface area (Å²) in [7, 11) is 1.77. The third kappa shape index (κ3) is 10.5. The van der Waals surface area contributed by atoms with Crippen LogP contribution in [0.4, 0.5) is 13.2 Å². The minimum atomic E-state index is -4.07. The highest BCUT2D eigenvalue weighted by Gasteiger charge is 2.30. The van der Waals surface area contributed by atoms with E-state index >= 15 is 0 Å². The van der Waals surface area contributed by atoms with Gasteiger partial charge < -0.3 is 10.2 Å². The zero-order valence-corrected chi connectivity index (χ0v) is 13.8. The van der Waals surface area contributed by atoms with E-state index in [4.69, 9.17) is 0 Å². The summed E-state index contributed by atoms with van der Waals surface area (Å²) in [6, 6.07) is 0. The molecule has 0 aliphatic rings. The molecule has 0 heterocycles. The van der Waals surface area contributed by atoms with Gasteiger partial charge in [-0.1, -0.05) is 20.3 Å². The van der Waals surface area contributed by atoms with Crippen LogP contribution in [0.5, 0.6) is 0 Å². The highest BCUT2D eigenvalue weighted by atomic mass is 19.4. The van der Waals surface area contributed by atoms with E-state index in [1.165, 1.54) is 0 Å². The van der Waals surface area contributed by atoms with Crippen LogP contribution < -0.4 is 5.32 Å². The summed E-state index contributed by atoms with van der Waals surface area (Å²) in [5.74, 6) is 0. The lowest BCUT2D eigenvalue weighted by Gasteiger charge is -2.37. The molecule has 0 aromatic rings. The molecule has 0 aromatic heterocycles. The number of halogens is 3. The summed E-state index contributed by atoms with van der Waals surface area (Å²) < 4.78 is 36.8. The zero-order valence-electron chi connectivity index (χ0n) is 13.8. The van der Waals surface area contributed by atoms with Crippen molar-refractivity contribution in [3.8, 4) is 0 Å². The zero-order chi connectivity index (χ0) is 16.0. The van der Waals surface area contributed by atoms with Crippen molar-refractivity contribution in [2.75, 3.05) is 26.7 Å². The molecular weight excluding hydrogens is 265 g/mol. The van der Waals surface area contributed by atoms with Crippen molar-refractivity contribution in [1.82, 2.24) is 10.2 Å². The Labute approximate surface area is 122 Å². The molecule has 5 heteroatoms. The maximum atomic E-state index is 12.3. The SMILES string of the molecule is CCCC(C)(CNC(C)(C)C)CN(C)CCC(F)(F)F.